The van der Waals surface area contributed by atoms with Gasteiger partial charge < -0.3 is 19.3 Å². The van der Waals surface area contributed by atoms with Crippen LogP contribution in [0.4, 0.5) is 0 Å². The maximum Gasteiger partial charge on any atom is 2.00 e. The van der Waals surface area contributed by atoms with E-state index in [2.05, 4.69) is 19.9 Å². The van der Waals surface area contributed by atoms with Crippen molar-refractivity contribution < 1.29 is 44.5 Å². The van der Waals surface area contributed by atoms with E-state index in [-0.39, 0.29) is 30.0 Å². The molecule has 4 rings (SSSR count). The number of aromatic nitrogens is 4. The Bertz CT molecular complexity index is 951. The standard InChI is InChI=1S/2C10H8N2.C2H6O2.Co.H2O4S/c2*1-3-7-11-9(5-1)10-6-2-4-8-12-10;3-1-2-4;;1-5(2,3)4/h2*1-8H;3-4H,1-2H2;;(H2,1,2,3,4)/q;;;+2;/p-2. The number of hydrogen-bond acceptors (Lipinski definition) is 10. The number of pyridine rings is 4. The van der Waals surface area contributed by atoms with Gasteiger partial charge in [-0.3, -0.25) is 28.4 Å². The third-order valence-electron chi connectivity index (χ3n) is 3.28. The van der Waals surface area contributed by atoms with Crippen LogP contribution in [0.1, 0.15) is 0 Å². The Hall–Kier alpha value is -3.10. The molecule has 0 saturated heterocycles. The van der Waals surface area contributed by atoms with E-state index in [0.29, 0.717) is 0 Å². The Morgan fingerprint density at radius 1 is 0.559 bits per heavy atom. The minimum Gasteiger partial charge on any atom is -0.759 e. The zero-order valence-corrected chi connectivity index (χ0v) is 19.6. The van der Waals surface area contributed by atoms with Crippen LogP contribution in [-0.2, 0) is 27.2 Å². The Kier molecular flexibility index (Phi) is 16.7. The number of rotatable bonds is 3. The first kappa shape index (κ1) is 30.9. The molecule has 0 aliphatic carbocycles. The van der Waals surface area contributed by atoms with Gasteiger partial charge in [-0.05, 0) is 48.5 Å². The second kappa shape index (κ2) is 18.3. The molecule has 4 heterocycles. The Morgan fingerprint density at radius 2 is 0.765 bits per heavy atom. The smallest absolute Gasteiger partial charge is 0.759 e. The summed E-state index contributed by atoms with van der Waals surface area (Å²) in [6.07, 6.45) is 7.07. The third-order valence-corrected chi connectivity index (χ3v) is 3.28. The van der Waals surface area contributed by atoms with Gasteiger partial charge in [0, 0.05) is 35.2 Å². The maximum atomic E-state index is 8.52. The molecule has 0 atom stereocenters. The molecule has 0 aromatic carbocycles. The predicted molar refractivity (Wildman–Crippen MR) is 120 cm³/mol. The molecule has 0 fully saturated rings. The minimum absolute atomic E-state index is 0. The number of aliphatic hydroxyl groups is 2. The van der Waals surface area contributed by atoms with Gasteiger partial charge in [0.25, 0.3) is 0 Å². The van der Waals surface area contributed by atoms with Crippen molar-refractivity contribution in [2.75, 3.05) is 13.2 Å². The van der Waals surface area contributed by atoms with Gasteiger partial charge in [-0.1, -0.05) is 24.3 Å². The normalized spacial score (nSPS) is 9.41. The minimum atomic E-state index is -5.17. The van der Waals surface area contributed by atoms with E-state index in [1.807, 2.05) is 72.8 Å². The van der Waals surface area contributed by atoms with E-state index in [0.717, 1.165) is 22.8 Å². The summed E-state index contributed by atoms with van der Waals surface area (Å²) in [6.45, 7) is -0.250. The van der Waals surface area contributed by atoms with Gasteiger partial charge in [-0.15, -0.1) is 0 Å². The molecule has 0 aliphatic heterocycles. The molecule has 4 aromatic heterocycles. The van der Waals surface area contributed by atoms with Gasteiger partial charge in [0.1, 0.15) is 0 Å². The van der Waals surface area contributed by atoms with Crippen molar-refractivity contribution in [2.24, 2.45) is 0 Å². The average Bonchev–Trinajstić information content (AvgIpc) is 2.86. The number of aliphatic hydroxyl groups excluding tert-OH is 2. The quantitative estimate of drug-likeness (QED) is 0.295. The topological polar surface area (TPSA) is 172 Å². The summed E-state index contributed by atoms with van der Waals surface area (Å²) in [5.74, 6) is 0. The largest absolute Gasteiger partial charge is 2.00 e. The van der Waals surface area contributed by atoms with Crippen LogP contribution in [0.25, 0.3) is 22.8 Å². The van der Waals surface area contributed by atoms with Crippen molar-refractivity contribution >= 4 is 10.4 Å². The first-order valence-corrected chi connectivity index (χ1v) is 10.7. The SMILES string of the molecule is O=S(=O)([O-])[O-].OCCO.[Co+2].c1ccc(-c2ccccn2)nc1.c1ccc(-c2ccccn2)nc1. The van der Waals surface area contributed by atoms with Crippen LogP contribution in [0.3, 0.4) is 0 Å². The molecule has 181 valence electrons. The first-order chi connectivity index (χ1) is 15.8. The molecule has 1 radical (unpaired) electrons. The summed E-state index contributed by atoms with van der Waals surface area (Å²) < 4.78 is 34.1. The molecule has 0 bridgehead atoms. The maximum absolute atomic E-state index is 8.52. The summed E-state index contributed by atoms with van der Waals surface area (Å²) in [4.78, 5) is 16.7. The van der Waals surface area contributed by atoms with E-state index < -0.39 is 10.4 Å². The molecule has 0 saturated carbocycles. The van der Waals surface area contributed by atoms with Crippen LogP contribution >= 0.6 is 0 Å². The van der Waals surface area contributed by atoms with Gasteiger partial charge >= 0.3 is 16.8 Å². The van der Waals surface area contributed by atoms with Gasteiger partial charge in [0.15, 0.2) is 0 Å². The van der Waals surface area contributed by atoms with Gasteiger partial charge in [-0.2, -0.15) is 0 Å². The zero-order chi connectivity index (χ0) is 24.4. The molecule has 2 N–H and O–H groups in total. The van der Waals surface area contributed by atoms with Crippen LogP contribution in [0.15, 0.2) is 97.6 Å². The van der Waals surface area contributed by atoms with Crippen LogP contribution in [0.5, 0.6) is 0 Å². The molecule has 4 aromatic rings. The fourth-order valence-electron chi connectivity index (χ4n) is 2.06. The van der Waals surface area contributed by atoms with Crippen molar-refractivity contribution in [3.05, 3.63) is 97.6 Å². The zero-order valence-electron chi connectivity index (χ0n) is 17.7. The monoisotopic (exact) mass is 529 g/mol. The van der Waals surface area contributed by atoms with Crippen LogP contribution in [0, 0.1) is 0 Å². The fraction of sp³-hybridized carbons (Fsp3) is 0.0909. The van der Waals surface area contributed by atoms with Crippen LogP contribution in [0.2, 0.25) is 0 Å². The van der Waals surface area contributed by atoms with E-state index >= 15 is 0 Å². The second-order valence-electron chi connectivity index (χ2n) is 5.72. The van der Waals surface area contributed by atoms with E-state index in [1.54, 1.807) is 24.8 Å². The molecule has 0 aliphatic rings. The van der Waals surface area contributed by atoms with Gasteiger partial charge in [0.2, 0.25) is 0 Å². The van der Waals surface area contributed by atoms with Crippen molar-refractivity contribution in [1.29, 1.82) is 0 Å². The molecule has 10 nitrogen and oxygen atoms in total. The summed E-state index contributed by atoms with van der Waals surface area (Å²) in [7, 11) is -5.17. The number of hydrogen-bond donors (Lipinski definition) is 2. The molecule has 0 unspecified atom stereocenters. The van der Waals surface area contributed by atoms with Crippen LogP contribution in [-0.4, -0.2) is 60.9 Å². The van der Waals surface area contributed by atoms with E-state index in [9.17, 15) is 0 Å². The Morgan fingerprint density at radius 3 is 0.882 bits per heavy atom. The average molecular weight is 529 g/mol. The predicted octanol–water partition coefficient (Wildman–Crippen LogP) is 1.92. The van der Waals surface area contributed by atoms with Gasteiger partial charge in [-0.25, -0.2) is 0 Å². The summed E-state index contributed by atoms with van der Waals surface area (Å²) in [5.41, 5.74) is 3.66. The molecule has 0 amide bonds. The summed E-state index contributed by atoms with van der Waals surface area (Å²) in [6, 6.07) is 23.2. The third kappa shape index (κ3) is 15.7. The molecular formula is C22H22CoN4O6S. The molecule has 0 spiro atoms. The molecular weight excluding hydrogens is 507 g/mol. The van der Waals surface area contributed by atoms with Crippen LogP contribution < -0.4 is 0 Å². The van der Waals surface area contributed by atoms with E-state index in [1.165, 1.54) is 0 Å². The second-order valence-corrected chi connectivity index (χ2v) is 6.53. The van der Waals surface area contributed by atoms with Gasteiger partial charge in [0.05, 0.1) is 36.0 Å². The summed E-state index contributed by atoms with van der Waals surface area (Å²) >= 11 is 0. The van der Waals surface area contributed by atoms with Crippen molar-refractivity contribution in [2.45, 2.75) is 0 Å². The molecule has 34 heavy (non-hydrogen) atoms. The fourth-order valence-corrected chi connectivity index (χ4v) is 2.06. The van der Waals surface area contributed by atoms with E-state index in [4.69, 9.17) is 27.7 Å². The Labute approximate surface area is 208 Å². The Balaban J connectivity index is 0.000000469. The first-order valence-electron chi connectivity index (χ1n) is 9.38. The number of nitrogens with zero attached hydrogens (tertiary/aromatic N) is 4. The van der Waals surface area contributed by atoms with Crippen molar-refractivity contribution in [3.8, 4) is 22.8 Å². The molecule has 12 heteroatoms. The van der Waals surface area contributed by atoms with Crippen molar-refractivity contribution in [3.63, 3.8) is 0 Å². The van der Waals surface area contributed by atoms with Crippen molar-refractivity contribution in [1.82, 2.24) is 19.9 Å². The summed E-state index contributed by atoms with van der Waals surface area (Å²) in [5, 5.41) is 15.2.